The Bertz CT molecular complexity index is 774. The lowest BCUT2D eigenvalue weighted by molar-refractivity contribution is 0.472. The molecule has 0 saturated heterocycles. The zero-order chi connectivity index (χ0) is 14.7. The van der Waals surface area contributed by atoms with Gasteiger partial charge < -0.3 is 10.1 Å². The van der Waals surface area contributed by atoms with Gasteiger partial charge in [0.05, 0.1) is 5.52 Å². The number of ether oxygens (including phenoxy) is 1. The molecule has 3 aromatic rings. The minimum atomic E-state index is -0.271. The number of nitrogens with one attached hydrogen (secondary N) is 1. The minimum absolute atomic E-state index is 0.271. The third-order valence-corrected chi connectivity index (χ3v) is 3.19. The number of fused-ring (bicyclic) bond motifs is 1. The summed E-state index contributed by atoms with van der Waals surface area (Å²) in [6.07, 6.45) is 1.75. The van der Waals surface area contributed by atoms with E-state index in [1.54, 1.807) is 12.3 Å². The molecule has 0 saturated carbocycles. The molecule has 0 amide bonds. The molecule has 1 heterocycles. The maximum Gasteiger partial charge on any atom is 0.132 e. The first kappa shape index (κ1) is 13.5. The van der Waals surface area contributed by atoms with Gasteiger partial charge in [-0.15, -0.1) is 0 Å². The normalized spacial score (nSPS) is 10.8. The molecule has 0 aliphatic carbocycles. The molecular formula is C17H15FN2O. The molecule has 2 aromatic carbocycles. The fraction of sp³-hybridized carbons (Fsp3) is 0.118. The van der Waals surface area contributed by atoms with Crippen LogP contribution < -0.4 is 10.1 Å². The standard InChI is InChI=1S/C17H15FN2O/c1-19-11-13-9-14(18)5-7-17(13)21-15-6-4-12-3-2-8-20-16(12)10-15/h2-10,19H,11H2,1H3. The molecule has 21 heavy (non-hydrogen) atoms. The van der Waals surface area contributed by atoms with Crippen LogP contribution in [0.15, 0.2) is 54.7 Å². The van der Waals surface area contributed by atoms with E-state index >= 15 is 0 Å². The van der Waals surface area contributed by atoms with Crippen LogP contribution in [0.4, 0.5) is 4.39 Å². The number of hydrogen-bond donors (Lipinski definition) is 1. The van der Waals surface area contributed by atoms with Gasteiger partial charge in [0.15, 0.2) is 0 Å². The highest BCUT2D eigenvalue weighted by Gasteiger charge is 2.07. The van der Waals surface area contributed by atoms with Gasteiger partial charge in [-0.25, -0.2) is 4.39 Å². The Balaban J connectivity index is 1.94. The first-order chi connectivity index (χ1) is 10.3. The van der Waals surface area contributed by atoms with Crippen LogP contribution in [0.1, 0.15) is 5.56 Å². The largest absolute Gasteiger partial charge is 0.457 e. The van der Waals surface area contributed by atoms with E-state index in [1.165, 1.54) is 12.1 Å². The van der Waals surface area contributed by atoms with Gasteiger partial charge >= 0.3 is 0 Å². The lowest BCUT2D eigenvalue weighted by atomic mass is 10.2. The molecule has 0 aliphatic rings. The summed E-state index contributed by atoms with van der Waals surface area (Å²) in [6.45, 7) is 0.541. The Hall–Kier alpha value is -2.46. The molecule has 0 bridgehead atoms. The van der Waals surface area contributed by atoms with Crippen molar-refractivity contribution in [2.75, 3.05) is 7.05 Å². The predicted octanol–water partition coefficient (Wildman–Crippen LogP) is 3.89. The maximum atomic E-state index is 13.3. The summed E-state index contributed by atoms with van der Waals surface area (Å²) in [7, 11) is 1.81. The summed E-state index contributed by atoms with van der Waals surface area (Å²) in [5, 5.41) is 4.06. The molecule has 0 aliphatic heterocycles. The van der Waals surface area contributed by atoms with Crippen LogP contribution in [-0.2, 0) is 6.54 Å². The Morgan fingerprint density at radius 1 is 1.14 bits per heavy atom. The summed E-state index contributed by atoms with van der Waals surface area (Å²) in [4.78, 5) is 4.30. The monoisotopic (exact) mass is 282 g/mol. The van der Waals surface area contributed by atoms with E-state index < -0.39 is 0 Å². The average Bonchev–Trinajstić information content (AvgIpc) is 2.50. The van der Waals surface area contributed by atoms with Crippen molar-refractivity contribution in [3.8, 4) is 11.5 Å². The Labute approximate surface area is 122 Å². The number of aromatic nitrogens is 1. The summed E-state index contributed by atoms with van der Waals surface area (Å²) >= 11 is 0. The van der Waals surface area contributed by atoms with Crippen molar-refractivity contribution >= 4 is 10.9 Å². The molecule has 106 valence electrons. The number of nitrogens with zero attached hydrogens (tertiary/aromatic N) is 1. The second kappa shape index (κ2) is 5.89. The summed E-state index contributed by atoms with van der Waals surface area (Å²) in [5.74, 6) is 1.05. The first-order valence-electron chi connectivity index (χ1n) is 6.72. The van der Waals surface area contributed by atoms with Crippen molar-refractivity contribution in [2.24, 2.45) is 0 Å². The van der Waals surface area contributed by atoms with E-state index in [0.717, 1.165) is 16.5 Å². The quantitative estimate of drug-likeness (QED) is 0.788. The van der Waals surface area contributed by atoms with Crippen LogP contribution in [0.2, 0.25) is 0 Å². The predicted molar refractivity (Wildman–Crippen MR) is 81.0 cm³/mol. The fourth-order valence-electron chi connectivity index (χ4n) is 2.21. The summed E-state index contributed by atoms with van der Waals surface area (Å²) in [5.41, 5.74) is 1.64. The minimum Gasteiger partial charge on any atom is -0.457 e. The number of halogens is 1. The number of pyridine rings is 1. The molecular weight excluding hydrogens is 267 g/mol. The maximum absolute atomic E-state index is 13.3. The molecule has 0 spiro atoms. The van der Waals surface area contributed by atoms with Crippen molar-refractivity contribution in [3.63, 3.8) is 0 Å². The zero-order valence-corrected chi connectivity index (χ0v) is 11.6. The molecule has 0 fully saturated rings. The highest BCUT2D eigenvalue weighted by molar-refractivity contribution is 5.79. The van der Waals surface area contributed by atoms with Gasteiger partial charge in [0.2, 0.25) is 0 Å². The SMILES string of the molecule is CNCc1cc(F)ccc1Oc1ccc2cccnc2c1. The number of benzene rings is 2. The van der Waals surface area contributed by atoms with Gasteiger partial charge in [-0.3, -0.25) is 4.98 Å². The zero-order valence-electron chi connectivity index (χ0n) is 11.6. The molecule has 4 heteroatoms. The highest BCUT2D eigenvalue weighted by atomic mass is 19.1. The van der Waals surface area contributed by atoms with Crippen molar-refractivity contribution in [3.05, 3.63) is 66.1 Å². The first-order valence-corrected chi connectivity index (χ1v) is 6.72. The molecule has 3 nitrogen and oxygen atoms in total. The van der Waals surface area contributed by atoms with Gasteiger partial charge in [0, 0.05) is 29.8 Å². The third-order valence-electron chi connectivity index (χ3n) is 3.19. The average molecular weight is 282 g/mol. The summed E-state index contributed by atoms with van der Waals surface area (Å²) in [6, 6.07) is 14.1. The Morgan fingerprint density at radius 3 is 2.90 bits per heavy atom. The van der Waals surface area contributed by atoms with Crippen molar-refractivity contribution in [2.45, 2.75) is 6.54 Å². The van der Waals surface area contributed by atoms with Crippen LogP contribution in [0.3, 0.4) is 0 Å². The smallest absolute Gasteiger partial charge is 0.132 e. The van der Waals surface area contributed by atoms with Crippen molar-refractivity contribution < 1.29 is 9.13 Å². The van der Waals surface area contributed by atoms with Gasteiger partial charge in [-0.1, -0.05) is 6.07 Å². The van der Waals surface area contributed by atoms with Crippen LogP contribution >= 0.6 is 0 Å². The molecule has 0 unspecified atom stereocenters. The van der Waals surface area contributed by atoms with Crippen LogP contribution in [0.5, 0.6) is 11.5 Å². The lowest BCUT2D eigenvalue weighted by Gasteiger charge is -2.11. The van der Waals surface area contributed by atoms with E-state index in [-0.39, 0.29) is 5.82 Å². The molecule has 1 N–H and O–H groups in total. The number of rotatable bonds is 4. The highest BCUT2D eigenvalue weighted by Crippen LogP contribution is 2.28. The molecule has 0 radical (unpaired) electrons. The van der Waals surface area contributed by atoms with Gasteiger partial charge in [-0.05, 0) is 43.4 Å². The van der Waals surface area contributed by atoms with Gasteiger partial charge in [-0.2, -0.15) is 0 Å². The van der Waals surface area contributed by atoms with E-state index in [9.17, 15) is 4.39 Å². The van der Waals surface area contributed by atoms with Crippen LogP contribution in [0, 0.1) is 5.82 Å². The molecule has 3 rings (SSSR count). The Morgan fingerprint density at radius 2 is 2.05 bits per heavy atom. The van der Waals surface area contributed by atoms with E-state index in [2.05, 4.69) is 10.3 Å². The van der Waals surface area contributed by atoms with E-state index in [0.29, 0.717) is 18.0 Å². The van der Waals surface area contributed by atoms with Crippen LogP contribution in [-0.4, -0.2) is 12.0 Å². The third kappa shape index (κ3) is 3.01. The van der Waals surface area contributed by atoms with Crippen molar-refractivity contribution in [1.82, 2.24) is 10.3 Å². The summed E-state index contributed by atoms with van der Waals surface area (Å²) < 4.78 is 19.2. The molecule has 0 atom stereocenters. The molecule has 1 aromatic heterocycles. The van der Waals surface area contributed by atoms with Gasteiger partial charge in [0.25, 0.3) is 0 Å². The van der Waals surface area contributed by atoms with E-state index in [4.69, 9.17) is 4.74 Å². The van der Waals surface area contributed by atoms with E-state index in [1.807, 2.05) is 37.4 Å². The second-order valence-corrected chi connectivity index (χ2v) is 4.74. The van der Waals surface area contributed by atoms with Gasteiger partial charge in [0.1, 0.15) is 17.3 Å². The topological polar surface area (TPSA) is 34.1 Å². The Kier molecular flexibility index (Phi) is 3.79. The fourth-order valence-corrected chi connectivity index (χ4v) is 2.21. The number of hydrogen-bond acceptors (Lipinski definition) is 3. The van der Waals surface area contributed by atoms with Crippen LogP contribution in [0.25, 0.3) is 10.9 Å². The second-order valence-electron chi connectivity index (χ2n) is 4.74. The lowest BCUT2D eigenvalue weighted by Crippen LogP contribution is -2.06. The van der Waals surface area contributed by atoms with Crippen molar-refractivity contribution in [1.29, 1.82) is 0 Å².